The van der Waals surface area contributed by atoms with Crippen LogP contribution in [0, 0.1) is 0 Å². The van der Waals surface area contributed by atoms with Crippen molar-refractivity contribution in [1.29, 1.82) is 0 Å². The smallest absolute Gasteiger partial charge is 0.274 e. The van der Waals surface area contributed by atoms with E-state index in [0.29, 0.717) is 18.8 Å². The number of hydrogen-bond donors (Lipinski definition) is 1. The number of aromatic amines is 1. The van der Waals surface area contributed by atoms with E-state index in [0.717, 1.165) is 18.5 Å². The molecule has 0 spiro atoms. The Morgan fingerprint density at radius 3 is 2.65 bits per heavy atom. The minimum atomic E-state index is -0.0941. The summed E-state index contributed by atoms with van der Waals surface area (Å²) < 4.78 is 0. The first-order chi connectivity index (χ1) is 8.22. The van der Waals surface area contributed by atoms with Gasteiger partial charge in [-0.15, -0.1) is 13.2 Å². The van der Waals surface area contributed by atoms with Gasteiger partial charge >= 0.3 is 0 Å². The predicted octanol–water partition coefficient (Wildman–Crippen LogP) is 2.18. The van der Waals surface area contributed by atoms with E-state index in [4.69, 9.17) is 0 Å². The van der Waals surface area contributed by atoms with E-state index < -0.39 is 0 Å². The normalized spacial score (nSPS) is 9.94. The lowest BCUT2D eigenvalue weighted by molar-refractivity contribution is 0.0785. The molecule has 0 aliphatic rings. The highest BCUT2D eigenvalue weighted by atomic mass is 16.2. The molecule has 92 valence electrons. The molecule has 0 bridgehead atoms. The number of aromatic nitrogens is 2. The summed E-state index contributed by atoms with van der Waals surface area (Å²) in [6.07, 6.45) is 5.32. The van der Waals surface area contributed by atoms with Gasteiger partial charge in [-0.1, -0.05) is 25.5 Å². The Hall–Kier alpha value is -1.84. The minimum absolute atomic E-state index is 0.0941. The zero-order valence-electron chi connectivity index (χ0n) is 10.3. The maximum Gasteiger partial charge on any atom is 0.274 e. The maximum absolute atomic E-state index is 12.1. The van der Waals surface area contributed by atoms with Gasteiger partial charge in [-0.05, 0) is 12.5 Å². The lowest BCUT2D eigenvalue weighted by Crippen LogP contribution is -2.31. The molecule has 0 saturated carbocycles. The molecule has 0 saturated heterocycles. The molecule has 0 radical (unpaired) electrons. The second-order valence-corrected chi connectivity index (χ2v) is 3.82. The summed E-state index contributed by atoms with van der Waals surface area (Å²) in [4.78, 5) is 13.7. The lowest BCUT2D eigenvalue weighted by atomic mass is 10.2. The third-order valence-electron chi connectivity index (χ3n) is 2.36. The molecule has 1 N–H and O–H groups in total. The summed E-state index contributed by atoms with van der Waals surface area (Å²) in [7, 11) is 0. The van der Waals surface area contributed by atoms with Crippen LogP contribution in [0.1, 0.15) is 29.5 Å². The van der Waals surface area contributed by atoms with E-state index in [1.807, 2.05) is 6.07 Å². The Kier molecular flexibility index (Phi) is 5.20. The number of rotatable bonds is 7. The van der Waals surface area contributed by atoms with Crippen molar-refractivity contribution >= 4 is 5.91 Å². The van der Waals surface area contributed by atoms with Gasteiger partial charge in [0.15, 0.2) is 0 Å². The standard InChI is InChI=1S/C13H19N3O/c1-4-7-11-10-12(15-14-11)13(17)16(8-5-2)9-6-3/h5-6,10H,2-4,7-9H2,1H3,(H,14,15). The van der Waals surface area contributed by atoms with Crippen molar-refractivity contribution in [3.8, 4) is 0 Å². The van der Waals surface area contributed by atoms with Crippen LogP contribution in [0.15, 0.2) is 31.4 Å². The fraction of sp³-hybridized carbons (Fsp3) is 0.385. The highest BCUT2D eigenvalue weighted by molar-refractivity contribution is 5.92. The molecule has 0 aliphatic carbocycles. The Balaban J connectivity index is 2.77. The Bertz CT molecular complexity index is 385. The number of amides is 1. The van der Waals surface area contributed by atoms with Crippen LogP contribution in [-0.4, -0.2) is 34.1 Å². The fourth-order valence-electron chi connectivity index (χ4n) is 1.58. The second kappa shape index (κ2) is 6.68. The fourth-order valence-corrected chi connectivity index (χ4v) is 1.58. The molecule has 0 aliphatic heterocycles. The third-order valence-corrected chi connectivity index (χ3v) is 2.36. The summed E-state index contributed by atoms with van der Waals surface area (Å²) in [6.45, 7) is 10.4. The quantitative estimate of drug-likeness (QED) is 0.734. The second-order valence-electron chi connectivity index (χ2n) is 3.82. The van der Waals surface area contributed by atoms with Crippen LogP contribution in [0.5, 0.6) is 0 Å². The van der Waals surface area contributed by atoms with E-state index in [2.05, 4.69) is 30.3 Å². The van der Waals surface area contributed by atoms with Crippen molar-refractivity contribution in [1.82, 2.24) is 15.1 Å². The average Bonchev–Trinajstić information content (AvgIpc) is 2.77. The molecule has 1 heterocycles. The van der Waals surface area contributed by atoms with Crippen molar-refractivity contribution in [3.63, 3.8) is 0 Å². The Labute approximate surface area is 102 Å². The molecular formula is C13H19N3O. The van der Waals surface area contributed by atoms with Gasteiger partial charge < -0.3 is 4.90 Å². The molecule has 0 atom stereocenters. The third kappa shape index (κ3) is 3.59. The zero-order valence-corrected chi connectivity index (χ0v) is 10.3. The van der Waals surface area contributed by atoms with Gasteiger partial charge in [0.05, 0.1) is 0 Å². The number of carbonyl (C=O) groups excluding carboxylic acids is 1. The van der Waals surface area contributed by atoms with Crippen LogP contribution in [0.25, 0.3) is 0 Å². The van der Waals surface area contributed by atoms with Gasteiger partial charge in [0.2, 0.25) is 0 Å². The van der Waals surface area contributed by atoms with Crippen molar-refractivity contribution in [2.24, 2.45) is 0 Å². The highest BCUT2D eigenvalue weighted by Crippen LogP contribution is 2.06. The molecule has 17 heavy (non-hydrogen) atoms. The van der Waals surface area contributed by atoms with Crippen molar-refractivity contribution in [2.75, 3.05) is 13.1 Å². The van der Waals surface area contributed by atoms with E-state index in [1.54, 1.807) is 17.1 Å². The molecule has 0 aromatic carbocycles. The first kappa shape index (κ1) is 13.2. The van der Waals surface area contributed by atoms with Gasteiger partial charge in [0, 0.05) is 18.8 Å². The SMILES string of the molecule is C=CCN(CC=C)C(=O)c1cc(CCC)[nH]n1. The molecule has 4 heteroatoms. The summed E-state index contributed by atoms with van der Waals surface area (Å²) >= 11 is 0. The largest absolute Gasteiger partial charge is 0.330 e. The summed E-state index contributed by atoms with van der Waals surface area (Å²) in [5, 5.41) is 6.91. The molecule has 1 amide bonds. The number of H-pyrrole nitrogens is 1. The van der Waals surface area contributed by atoms with Crippen molar-refractivity contribution in [2.45, 2.75) is 19.8 Å². The van der Waals surface area contributed by atoms with Crippen LogP contribution in [0.4, 0.5) is 0 Å². The number of hydrogen-bond acceptors (Lipinski definition) is 2. The minimum Gasteiger partial charge on any atom is -0.330 e. The molecule has 1 rings (SSSR count). The molecule has 4 nitrogen and oxygen atoms in total. The van der Waals surface area contributed by atoms with Crippen molar-refractivity contribution < 1.29 is 4.79 Å². The number of aryl methyl sites for hydroxylation is 1. The van der Waals surface area contributed by atoms with E-state index in [1.165, 1.54) is 0 Å². The van der Waals surface area contributed by atoms with Gasteiger partial charge in [-0.25, -0.2) is 0 Å². The van der Waals surface area contributed by atoms with Gasteiger partial charge in [-0.2, -0.15) is 5.10 Å². The van der Waals surface area contributed by atoms with Crippen LogP contribution < -0.4 is 0 Å². The molecule has 1 aromatic heterocycles. The summed E-state index contributed by atoms with van der Waals surface area (Å²) in [5.74, 6) is -0.0941. The number of nitrogens with one attached hydrogen (secondary N) is 1. The number of nitrogens with zero attached hydrogens (tertiary/aromatic N) is 2. The topological polar surface area (TPSA) is 49.0 Å². The first-order valence-electron chi connectivity index (χ1n) is 5.78. The first-order valence-corrected chi connectivity index (χ1v) is 5.78. The maximum atomic E-state index is 12.1. The highest BCUT2D eigenvalue weighted by Gasteiger charge is 2.16. The van der Waals surface area contributed by atoms with E-state index >= 15 is 0 Å². The van der Waals surface area contributed by atoms with Gasteiger partial charge in [0.1, 0.15) is 5.69 Å². The number of carbonyl (C=O) groups is 1. The monoisotopic (exact) mass is 233 g/mol. The van der Waals surface area contributed by atoms with Gasteiger partial charge in [0.25, 0.3) is 5.91 Å². The van der Waals surface area contributed by atoms with E-state index in [-0.39, 0.29) is 5.91 Å². The molecule has 0 unspecified atom stereocenters. The molecular weight excluding hydrogens is 214 g/mol. The average molecular weight is 233 g/mol. The summed E-state index contributed by atoms with van der Waals surface area (Å²) in [5.41, 5.74) is 1.45. The molecule has 1 aromatic rings. The van der Waals surface area contributed by atoms with Crippen molar-refractivity contribution in [3.05, 3.63) is 42.8 Å². The van der Waals surface area contributed by atoms with Gasteiger partial charge in [-0.3, -0.25) is 9.89 Å². The summed E-state index contributed by atoms with van der Waals surface area (Å²) in [6, 6.07) is 1.81. The Morgan fingerprint density at radius 1 is 1.47 bits per heavy atom. The van der Waals surface area contributed by atoms with Crippen LogP contribution in [0.2, 0.25) is 0 Å². The zero-order chi connectivity index (χ0) is 12.7. The van der Waals surface area contributed by atoms with Crippen LogP contribution in [-0.2, 0) is 6.42 Å². The van der Waals surface area contributed by atoms with E-state index in [9.17, 15) is 4.79 Å². The predicted molar refractivity (Wildman–Crippen MR) is 68.9 cm³/mol. The lowest BCUT2D eigenvalue weighted by Gasteiger charge is -2.17. The molecule has 0 fully saturated rings. The van der Waals surface area contributed by atoms with Crippen LogP contribution >= 0.6 is 0 Å². The Morgan fingerprint density at radius 2 is 2.12 bits per heavy atom. The van der Waals surface area contributed by atoms with Crippen LogP contribution in [0.3, 0.4) is 0 Å².